The van der Waals surface area contributed by atoms with Crippen LogP contribution in [0.15, 0.2) is 479 Å². The van der Waals surface area contributed by atoms with Gasteiger partial charge in [-0.1, -0.05) is 291 Å². The highest BCUT2D eigenvalue weighted by molar-refractivity contribution is 6.30. The number of hydrogen-bond acceptors (Lipinski definition) is 4. The van der Waals surface area contributed by atoms with Crippen LogP contribution in [0.2, 0.25) is 0 Å². The Morgan fingerprint density at radius 3 is 0.684 bits per heavy atom. The number of aromatic nitrogens is 6. The van der Waals surface area contributed by atoms with Gasteiger partial charge in [-0.3, -0.25) is 0 Å². The van der Waals surface area contributed by atoms with Crippen molar-refractivity contribution >= 4 is 219 Å². The first-order valence-electron chi connectivity index (χ1n) is 46.3. The van der Waals surface area contributed by atoms with Crippen LogP contribution in [0, 0.1) is 0 Å². The molecule has 634 valence electrons. The van der Waals surface area contributed by atoms with E-state index < -0.39 is 0 Å². The lowest BCUT2D eigenvalue weighted by Crippen LogP contribution is -1.99. The van der Waals surface area contributed by atoms with E-state index in [1.54, 1.807) is 0 Å². The van der Waals surface area contributed by atoms with Gasteiger partial charge in [-0.05, 0) is 168 Å². The van der Waals surface area contributed by atoms with E-state index >= 15 is 0 Å². The van der Waals surface area contributed by atoms with Crippen LogP contribution in [-0.2, 0) is 0 Å². The molecular weight excluding hydrogens is 1660 g/mol. The highest BCUT2D eigenvalue weighted by Gasteiger charge is 2.28. The normalized spacial score (nSPS) is 12.1. The third-order valence-corrected chi connectivity index (χ3v) is 28.3. The van der Waals surface area contributed by atoms with Crippen molar-refractivity contribution in [1.82, 2.24) is 27.4 Å². The Morgan fingerprint density at radius 2 is 0.346 bits per heavy atom. The number of fused-ring (bicyclic) bond motifs is 33. The SMILES string of the molecule is c1ccc(-c2ccc(-n3c4ccccc4c4ccc5c6ccccc6n(-c6ccc7c(c6)oc6ccccc67)c5c43)cc2)cc1.c1ccc(-c2cccc(-n3c4ccccc4c4ccc5c6ccccc6n(-c6ccc7c(c6)oc6ccccc67)c5c43)c2)cc1.c1ccc2c(c1)oc1cc(-n3c4ccccc4c4c5c6ccccc6n(-c6ccc7c(c6)oc6ccccc67)c5ccc43)ccc12. The summed E-state index contributed by atoms with van der Waals surface area (Å²) in [6, 6.07) is 165. The van der Waals surface area contributed by atoms with Gasteiger partial charge in [0.1, 0.15) is 44.7 Å². The summed E-state index contributed by atoms with van der Waals surface area (Å²) < 4.78 is 39.9. The van der Waals surface area contributed by atoms with Gasteiger partial charge in [-0.25, -0.2) is 0 Å². The van der Waals surface area contributed by atoms with Crippen LogP contribution in [0.1, 0.15) is 0 Å². The zero-order valence-electron chi connectivity index (χ0n) is 73.2. The molecule has 0 amide bonds. The second-order valence-electron chi connectivity index (χ2n) is 35.6. The number of nitrogens with zero attached hydrogens (tertiary/aromatic N) is 6. The number of para-hydroxylation sites is 10. The van der Waals surface area contributed by atoms with Crippen LogP contribution >= 0.6 is 0 Å². The summed E-state index contributed by atoms with van der Waals surface area (Å²) in [5.74, 6) is 0. The Hall–Kier alpha value is -18.4. The molecule has 0 unspecified atom stereocenters. The molecule has 0 fully saturated rings. The van der Waals surface area contributed by atoms with Crippen LogP contribution in [-0.4, -0.2) is 27.4 Å². The van der Waals surface area contributed by atoms with Crippen molar-refractivity contribution in [2.45, 2.75) is 0 Å². The maximum absolute atomic E-state index is 6.38. The molecule has 10 aromatic heterocycles. The molecule has 0 N–H and O–H groups in total. The maximum Gasteiger partial charge on any atom is 0.137 e. The minimum absolute atomic E-state index is 0.892. The third-order valence-electron chi connectivity index (χ3n) is 28.3. The Kier molecular flexibility index (Phi) is 16.4. The van der Waals surface area contributed by atoms with Crippen LogP contribution in [0.4, 0.5) is 0 Å². The molecule has 0 radical (unpaired) electrons. The molecule has 10 heteroatoms. The Balaban J connectivity index is 0.0000000989. The van der Waals surface area contributed by atoms with Gasteiger partial charge in [0.05, 0.1) is 77.6 Å². The van der Waals surface area contributed by atoms with E-state index in [1.165, 1.54) is 153 Å². The van der Waals surface area contributed by atoms with Gasteiger partial charge in [0.2, 0.25) is 0 Å². The zero-order valence-corrected chi connectivity index (χ0v) is 73.2. The molecule has 0 aliphatic heterocycles. The van der Waals surface area contributed by atoms with Gasteiger partial charge in [0, 0.05) is 155 Å². The van der Waals surface area contributed by atoms with E-state index in [0.717, 1.165) is 122 Å². The summed E-state index contributed by atoms with van der Waals surface area (Å²) in [7, 11) is 0. The fourth-order valence-electron chi connectivity index (χ4n) is 22.5. The second kappa shape index (κ2) is 29.6. The van der Waals surface area contributed by atoms with E-state index in [-0.39, 0.29) is 0 Å². The first kappa shape index (κ1) is 75.4. The molecule has 31 rings (SSSR count). The molecule has 0 saturated heterocycles. The number of rotatable bonds is 8. The van der Waals surface area contributed by atoms with Crippen molar-refractivity contribution in [3.05, 3.63) is 461 Å². The minimum atomic E-state index is 0.892. The Bertz CT molecular complexity index is 10200. The molecule has 31 aromatic rings. The molecule has 0 bridgehead atoms. The summed E-state index contributed by atoms with van der Waals surface area (Å²) >= 11 is 0. The van der Waals surface area contributed by atoms with Crippen molar-refractivity contribution in [1.29, 1.82) is 0 Å². The quantitative estimate of drug-likeness (QED) is 0.152. The van der Waals surface area contributed by atoms with E-state index in [1.807, 2.05) is 48.5 Å². The van der Waals surface area contributed by atoms with Crippen LogP contribution in [0.3, 0.4) is 0 Å². The van der Waals surface area contributed by atoms with Crippen molar-refractivity contribution in [3.8, 4) is 56.4 Å². The van der Waals surface area contributed by atoms with Gasteiger partial charge in [0.15, 0.2) is 0 Å². The smallest absolute Gasteiger partial charge is 0.137 e. The Morgan fingerprint density at radius 1 is 0.118 bits per heavy atom. The van der Waals surface area contributed by atoms with E-state index in [2.05, 4.69) is 440 Å². The molecule has 10 heterocycles. The molecule has 0 aliphatic rings. The fourth-order valence-corrected chi connectivity index (χ4v) is 22.5. The maximum atomic E-state index is 6.38. The number of furan rings is 4. The average molecular weight is 1740 g/mol. The van der Waals surface area contributed by atoms with E-state index in [9.17, 15) is 0 Å². The lowest BCUT2D eigenvalue weighted by Gasteiger charge is -2.13. The molecule has 0 spiro atoms. The van der Waals surface area contributed by atoms with Crippen LogP contribution in [0.25, 0.3) is 275 Å². The summed E-state index contributed by atoms with van der Waals surface area (Å²) in [5, 5.41) is 23.9. The molecule has 10 nitrogen and oxygen atoms in total. The van der Waals surface area contributed by atoms with Crippen molar-refractivity contribution < 1.29 is 17.7 Å². The molecule has 136 heavy (non-hydrogen) atoms. The Labute approximate surface area is 775 Å². The molecular formula is C126H76N6O4. The van der Waals surface area contributed by atoms with E-state index in [0.29, 0.717) is 0 Å². The van der Waals surface area contributed by atoms with E-state index in [4.69, 9.17) is 17.7 Å². The molecule has 0 saturated carbocycles. The lowest BCUT2D eigenvalue weighted by molar-refractivity contribution is 0.668. The largest absolute Gasteiger partial charge is 0.456 e. The second-order valence-corrected chi connectivity index (χ2v) is 35.6. The van der Waals surface area contributed by atoms with Crippen LogP contribution < -0.4 is 0 Å². The molecule has 0 atom stereocenters. The highest BCUT2D eigenvalue weighted by atomic mass is 16.3. The number of hydrogen-bond donors (Lipinski definition) is 0. The minimum Gasteiger partial charge on any atom is -0.456 e. The number of benzene rings is 21. The highest BCUT2D eigenvalue weighted by Crippen LogP contribution is 2.49. The van der Waals surface area contributed by atoms with Gasteiger partial charge in [-0.2, -0.15) is 0 Å². The lowest BCUT2D eigenvalue weighted by atomic mass is 10.1. The summed E-state index contributed by atoms with van der Waals surface area (Å²) in [6.07, 6.45) is 0. The predicted molar refractivity (Wildman–Crippen MR) is 565 cm³/mol. The average Bonchev–Trinajstić information content (AvgIpc) is 1.55. The standard InChI is InChI=1S/C42H24N2O2.2C42H26N2O/c1-5-13-33-31(11-1)41-35(43(33)25-17-19-29-27-9-3-7-15-37(27)45-39(29)23-25)21-22-36-42(41)32-12-2-6-14-34(32)44(36)26-18-20-30-28-10-4-8-16-38(28)46-40(30)24-26;1-2-11-27(12-3-1)28-13-10-14-29(25-28)43-37-18-7-4-15-31(37)35-23-24-36-32-16-5-8-19-38(32)44(42(36)41(35)43)30-21-22-34-33-17-6-9-20-39(33)45-40(34)26-30;1-2-10-27(11-3-1)28-18-20-29(21-19-28)43-37-15-7-4-12-31(37)35-24-25-36-32-13-5-8-16-38(32)44(42(36)41(35)43)30-22-23-34-33-14-6-9-17-39(33)45-40(34)26-30/h1-24H;2*1-26H. The van der Waals surface area contributed by atoms with Gasteiger partial charge in [-0.15, -0.1) is 0 Å². The van der Waals surface area contributed by atoms with Gasteiger partial charge < -0.3 is 45.1 Å². The summed E-state index contributed by atoms with van der Waals surface area (Å²) in [6.45, 7) is 0. The van der Waals surface area contributed by atoms with Crippen molar-refractivity contribution in [3.63, 3.8) is 0 Å². The summed E-state index contributed by atoms with van der Waals surface area (Å²) in [4.78, 5) is 0. The first-order chi connectivity index (χ1) is 67.5. The summed E-state index contributed by atoms with van der Waals surface area (Å²) in [5.41, 5.74) is 32.8. The van der Waals surface area contributed by atoms with Crippen molar-refractivity contribution in [2.75, 3.05) is 0 Å². The van der Waals surface area contributed by atoms with Crippen LogP contribution in [0.5, 0.6) is 0 Å². The zero-order chi connectivity index (χ0) is 88.9. The van der Waals surface area contributed by atoms with Gasteiger partial charge >= 0.3 is 0 Å². The molecule has 21 aromatic carbocycles. The van der Waals surface area contributed by atoms with Crippen molar-refractivity contribution in [2.24, 2.45) is 0 Å². The third kappa shape index (κ3) is 11.3. The van der Waals surface area contributed by atoms with Gasteiger partial charge in [0.25, 0.3) is 0 Å². The fraction of sp³-hybridized carbons (Fsp3) is 0. The topological polar surface area (TPSA) is 82.1 Å². The monoisotopic (exact) mass is 1740 g/mol. The molecule has 0 aliphatic carbocycles. The predicted octanol–water partition coefficient (Wildman–Crippen LogP) is 34.6. The first-order valence-corrected chi connectivity index (χ1v) is 46.3.